The summed E-state index contributed by atoms with van der Waals surface area (Å²) in [7, 11) is 0. The number of thiophene rings is 1. The fourth-order valence-electron chi connectivity index (χ4n) is 10.1. The smallest absolute Gasteiger partial charge is 0.160 e. The molecule has 2 aromatic heterocycles. The van der Waals surface area contributed by atoms with Gasteiger partial charge in [0.05, 0.1) is 16.8 Å². The zero-order valence-electron chi connectivity index (χ0n) is 34.0. The Labute approximate surface area is 374 Å². The molecule has 13 rings (SSSR count). The molecule has 63 heavy (non-hydrogen) atoms. The van der Waals surface area contributed by atoms with Crippen LogP contribution in [0.25, 0.3) is 87.5 Å². The summed E-state index contributed by atoms with van der Waals surface area (Å²) >= 11 is 3.80. The highest BCUT2D eigenvalue weighted by molar-refractivity contribution is 7.99. The van der Waals surface area contributed by atoms with E-state index in [1.165, 1.54) is 74.5 Å². The normalized spacial score (nSPS) is 13.1. The Kier molecular flexibility index (Phi) is 8.27. The first kappa shape index (κ1) is 36.3. The molecule has 2 aliphatic rings. The van der Waals surface area contributed by atoms with Gasteiger partial charge in [0, 0.05) is 46.7 Å². The van der Waals surface area contributed by atoms with Gasteiger partial charge in [-0.1, -0.05) is 176 Å². The molecule has 1 aliphatic heterocycles. The number of aromatic nitrogens is 2. The maximum absolute atomic E-state index is 5.14. The van der Waals surface area contributed by atoms with Crippen molar-refractivity contribution < 1.29 is 0 Å². The Morgan fingerprint density at radius 1 is 0.317 bits per heavy atom. The van der Waals surface area contributed by atoms with Crippen molar-refractivity contribution in [1.29, 1.82) is 0 Å². The Balaban J connectivity index is 0.963. The second-order valence-corrected chi connectivity index (χ2v) is 18.6. The fourth-order valence-corrected chi connectivity index (χ4v) is 12.4. The predicted octanol–water partition coefficient (Wildman–Crippen LogP) is 16.0. The zero-order chi connectivity index (χ0) is 41.5. The highest BCUT2D eigenvalue weighted by Crippen LogP contribution is 2.63. The minimum Gasteiger partial charge on any atom is -0.228 e. The Morgan fingerprint density at radius 2 is 0.857 bits per heavy atom. The highest BCUT2D eigenvalue weighted by atomic mass is 32.2. The molecule has 1 aliphatic carbocycles. The molecule has 0 N–H and O–H groups in total. The number of rotatable bonds is 5. The summed E-state index contributed by atoms with van der Waals surface area (Å²) in [6, 6.07) is 79.8. The van der Waals surface area contributed by atoms with Crippen LogP contribution in [0.15, 0.2) is 228 Å². The molecule has 1 spiro atoms. The van der Waals surface area contributed by atoms with Gasteiger partial charge in [-0.25, -0.2) is 9.97 Å². The van der Waals surface area contributed by atoms with Gasteiger partial charge in [0.1, 0.15) is 0 Å². The third-order valence-electron chi connectivity index (χ3n) is 13.0. The lowest BCUT2D eigenvalue weighted by atomic mass is 9.67. The molecule has 0 bridgehead atoms. The van der Waals surface area contributed by atoms with Crippen molar-refractivity contribution in [2.75, 3.05) is 0 Å². The first-order chi connectivity index (χ1) is 31.2. The summed E-state index contributed by atoms with van der Waals surface area (Å²) in [5.41, 5.74) is 17.2. The lowest BCUT2D eigenvalue weighted by molar-refractivity contribution is 0.723. The standard InChI is InChI=1S/C59H36N2S2/c1-3-15-37(16-4-1)52-36-53(61-58(60-52)38-17-5-2-6-18-38)43-22-14-21-41(32-43)39-19-13-20-40(31-39)42-29-30-44-46-34-47-45-23-7-10-26-54(45)62-57(47)35-51(46)59(50(44)33-42)48-24-8-11-27-55(48)63-56-28-12-9-25-49(56)59/h1-36H. The average Bonchev–Trinajstić information content (AvgIpc) is 3.86. The topological polar surface area (TPSA) is 25.8 Å². The van der Waals surface area contributed by atoms with Crippen molar-refractivity contribution in [2.45, 2.75) is 15.2 Å². The maximum atomic E-state index is 5.14. The van der Waals surface area contributed by atoms with E-state index >= 15 is 0 Å². The van der Waals surface area contributed by atoms with Crippen LogP contribution in [0.1, 0.15) is 22.3 Å². The number of benzene rings is 9. The lowest BCUT2D eigenvalue weighted by Gasteiger charge is -2.39. The van der Waals surface area contributed by atoms with E-state index in [9.17, 15) is 0 Å². The van der Waals surface area contributed by atoms with Gasteiger partial charge in [0.2, 0.25) is 0 Å². The van der Waals surface area contributed by atoms with Crippen molar-refractivity contribution >= 4 is 43.3 Å². The highest BCUT2D eigenvalue weighted by Gasteiger charge is 2.50. The second kappa shape index (κ2) is 14.4. The molecule has 0 unspecified atom stereocenters. The third kappa shape index (κ3) is 5.72. The van der Waals surface area contributed by atoms with E-state index in [2.05, 4.69) is 194 Å². The van der Waals surface area contributed by atoms with Crippen LogP contribution in [-0.2, 0) is 5.41 Å². The largest absolute Gasteiger partial charge is 0.228 e. The van der Waals surface area contributed by atoms with Crippen LogP contribution in [0.4, 0.5) is 0 Å². The van der Waals surface area contributed by atoms with E-state index in [1.54, 1.807) is 0 Å². The first-order valence-electron chi connectivity index (χ1n) is 21.4. The number of nitrogens with zero attached hydrogens (tertiary/aromatic N) is 2. The Morgan fingerprint density at radius 3 is 1.57 bits per heavy atom. The van der Waals surface area contributed by atoms with Gasteiger partial charge < -0.3 is 0 Å². The molecule has 0 radical (unpaired) electrons. The molecule has 11 aromatic rings. The van der Waals surface area contributed by atoms with Crippen LogP contribution in [0, 0.1) is 0 Å². The molecule has 0 saturated heterocycles. The average molecular weight is 837 g/mol. The maximum Gasteiger partial charge on any atom is 0.160 e. The van der Waals surface area contributed by atoms with Crippen LogP contribution in [0.5, 0.6) is 0 Å². The van der Waals surface area contributed by atoms with Crippen LogP contribution in [-0.4, -0.2) is 9.97 Å². The number of fused-ring (bicyclic) bond motifs is 12. The van der Waals surface area contributed by atoms with Gasteiger partial charge in [-0.05, 0) is 110 Å². The Bertz CT molecular complexity index is 3500. The number of hydrogen-bond acceptors (Lipinski definition) is 4. The minimum absolute atomic E-state index is 0.468. The van der Waals surface area contributed by atoms with Crippen LogP contribution < -0.4 is 0 Å². The molecule has 9 aromatic carbocycles. The van der Waals surface area contributed by atoms with Crippen molar-refractivity contribution in [3.63, 3.8) is 0 Å². The zero-order valence-corrected chi connectivity index (χ0v) is 35.6. The lowest BCUT2D eigenvalue weighted by Crippen LogP contribution is -2.32. The summed E-state index contributed by atoms with van der Waals surface area (Å²) in [4.78, 5) is 12.8. The summed E-state index contributed by atoms with van der Waals surface area (Å²) in [5, 5.41) is 2.66. The molecule has 0 amide bonds. The van der Waals surface area contributed by atoms with Gasteiger partial charge in [-0.3, -0.25) is 0 Å². The molecule has 3 heterocycles. The molecule has 2 nitrogen and oxygen atoms in total. The molecular weight excluding hydrogens is 801 g/mol. The minimum atomic E-state index is -0.468. The monoisotopic (exact) mass is 836 g/mol. The van der Waals surface area contributed by atoms with E-state index in [0.717, 1.165) is 39.2 Å². The number of hydrogen-bond donors (Lipinski definition) is 0. The molecule has 0 saturated carbocycles. The first-order valence-corrected chi connectivity index (χ1v) is 23.0. The summed E-state index contributed by atoms with van der Waals surface area (Å²) in [6.07, 6.45) is 0. The summed E-state index contributed by atoms with van der Waals surface area (Å²) < 4.78 is 2.66. The van der Waals surface area contributed by atoms with E-state index in [-0.39, 0.29) is 0 Å². The second-order valence-electron chi connectivity index (χ2n) is 16.5. The SMILES string of the molecule is c1ccc(-c2cc(-c3cccc(-c4cccc(-c5ccc6c(c5)C5(c7ccccc7Sc7ccccc75)c5cc7sc8ccccc8c7cc5-6)c4)c3)nc(-c3ccccc3)n2)cc1. The van der Waals surface area contributed by atoms with Crippen molar-refractivity contribution in [3.8, 4) is 67.3 Å². The predicted molar refractivity (Wildman–Crippen MR) is 264 cm³/mol. The quantitative estimate of drug-likeness (QED) is 0.173. The van der Waals surface area contributed by atoms with Gasteiger partial charge in [0.25, 0.3) is 0 Å². The van der Waals surface area contributed by atoms with Gasteiger partial charge >= 0.3 is 0 Å². The van der Waals surface area contributed by atoms with Gasteiger partial charge in [-0.15, -0.1) is 11.3 Å². The van der Waals surface area contributed by atoms with Gasteiger partial charge in [0.15, 0.2) is 5.82 Å². The third-order valence-corrected chi connectivity index (χ3v) is 15.2. The molecule has 294 valence electrons. The summed E-state index contributed by atoms with van der Waals surface area (Å²) in [5.74, 6) is 0.714. The fraction of sp³-hybridized carbons (Fsp3) is 0.0169. The van der Waals surface area contributed by atoms with E-state index in [4.69, 9.17) is 9.97 Å². The molecular formula is C59H36N2S2. The van der Waals surface area contributed by atoms with Crippen LogP contribution in [0.2, 0.25) is 0 Å². The van der Waals surface area contributed by atoms with E-state index in [0.29, 0.717) is 5.82 Å². The van der Waals surface area contributed by atoms with E-state index in [1.807, 2.05) is 47.4 Å². The summed E-state index contributed by atoms with van der Waals surface area (Å²) in [6.45, 7) is 0. The van der Waals surface area contributed by atoms with Crippen LogP contribution >= 0.6 is 23.1 Å². The van der Waals surface area contributed by atoms with Gasteiger partial charge in [-0.2, -0.15) is 0 Å². The molecule has 0 fully saturated rings. The van der Waals surface area contributed by atoms with Crippen molar-refractivity contribution in [1.82, 2.24) is 9.97 Å². The van der Waals surface area contributed by atoms with E-state index < -0.39 is 5.41 Å². The molecule has 4 heteroatoms. The molecule has 0 atom stereocenters. The van der Waals surface area contributed by atoms with Crippen LogP contribution in [0.3, 0.4) is 0 Å². The Hall–Kier alpha value is -7.37. The van der Waals surface area contributed by atoms with Crippen molar-refractivity contribution in [2.24, 2.45) is 0 Å². The van der Waals surface area contributed by atoms with Crippen molar-refractivity contribution in [3.05, 3.63) is 241 Å².